The van der Waals surface area contributed by atoms with Crippen molar-refractivity contribution in [2.24, 2.45) is 0 Å². The van der Waals surface area contributed by atoms with E-state index in [0.29, 0.717) is 0 Å². The van der Waals surface area contributed by atoms with Crippen molar-refractivity contribution < 1.29 is 0 Å². The first-order valence-electron chi connectivity index (χ1n) is 16.0. The van der Waals surface area contributed by atoms with Crippen LogP contribution in [0.15, 0.2) is 164 Å². The van der Waals surface area contributed by atoms with Gasteiger partial charge in [0.15, 0.2) is 0 Å². The maximum absolute atomic E-state index is 5.09. The molecule has 4 aromatic carbocycles. The first-order valence-corrected chi connectivity index (χ1v) is 16.0. The van der Waals surface area contributed by atoms with E-state index in [1.54, 1.807) is 17.2 Å². The first kappa shape index (κ1) is 28.4. The summed E-state index contributed by atoms with van der Waals surface area (Å²) >= 11 is 0. The second-order valence-corrected chi connectivity index (χ2v) is 11.7. The van der Waals surface area contributed by atoms with Crippen LogP contribution in [-0.4, -0.2) is 34.9 Å². The molecule has 5 aromatic heterocycles. The number of rotatable bonds is 6. The van der Waals surface area contributed by atoms with Crippen LogP contribution < -0.4 is 0 Å². The van der Waals surface area contributed by atoms with Crippen molar-refractivity contribution in [2.75, 3.05) is 0 Å². The molecule has 0 aliphatic rings. The van der Waals surface area contributed by atoms with Gasteiger partial charge < -0.3 is 0 Å². The summed E-state index contributed by atoms with van der Waals surface area (Å²) in [5.74, 6) is 0. The average molecular weight is 630 g/mol. The zero-order chi connectivity index (χ0) is 32.6. The molecule has 0 atom stereocenters. The topological polar surface area (TPSA) is 82.3 Å². The maximum Gasteiger partial charge on any atom is 0.123 e. The minimum Gasteiger partial charge on any atom is -0.255 e. The summed E-state index contributed by atoms with van der Waals surface area (Å²) in [5.41, 5.74) is 11.1. The first-order chi connectivity index (χ1) is 24.3. The number of hydrogen-bond acceptors (Lipinski definition) is 6. The minimum atomic E-state index is 0.728. The second kappa shape index (κ2) is 12.1. The van der Waals surface area contributed by atoms with E-state index in [1.165, 1.54) is 16.3 Å². The molecule has 0 N–H and O–H groups in total. The molecular formula is C42H27N7. The third-order valence-electron chi connectivity index (χ3n) is 8.64. The Morgan fingerprint density at radius 3 is 1.47 bits per heavy atom. The SMILES string of the molecule is c1ccc(-c2cccc(-c3ccc(-c4cccc(-c5ccccn5)n4)c4nn(-c5ccc(-c6cccc7ccccc67)cc5)nc34)n2)nc1. The van der Waals surface area contributed by atoms with Crippen molar-refractivity contribution in [3.05, 3.63) is 164 Å². The van der Waals surface area contributed by atoms with Gasteiger partial charge in [0, 0.05) is 23.5 Å². The quantitative estimate of drug-likeness (QED) is 0.182. The van der Waals surface area contributed by atoms with Crippen LogP contribution in [0.25, 0.3) is 83.9 Å². The molecule has 0 unspecified atom stereocenters. The molecule has 0 saturated heterocycles. The zero-order valence-corrected chi connectivity index (χ0v) is 26.2. The largest absolute Gasteiger partial charge is 0.255 e. The molecule has 0 saturated carbocycles. The standard InChI is InChI=1S/C42H27N7/c1-2-12-31-28(10-1)11-7-13-32(31)29-20-22-30(23-21-29)49-47-41-33(35-16-8-18-39(45-35)37-14-3-5-26-43-37)24-25-34(42(41)48-49)36-17-9-19-40(46-36)38-15-4-6-27-44-38/h1-27H. The summed E-state index contributed by atoms with van der Waals surface area (Å²) in [4.78, 5) is 20.7. The average Bonchev–Trinajstić information content (AvgIpc) is 3.64. The predicted molar refractivity (Wildman–Crippen MR) is 195 cm³/mol. The highest BCUT2D eigenvalue weighted by molar-refractivity contribution is 6.00. The number of hydrogen-bond donors (Lipinski definition) is 0. The summed E-state index contributed by atoms with van der Waals surface area (Å²) in [6.07, 6.45) is 3.56. The fourth-order valence-corrected chi connectivity index (χ4v) is 6.26. The Kier molecular flexibility index (Phi) is 6.98. The lowest BCUT2D eigenvalue weighted by Crippen LogP contribution is -1.98. The Morgan fingerprint density at radius 1 is 0.367 bits per heavy atom. The van der Waals surface area contributed by atoms with Gasteiger partial charge in [0.1, 0.15) is 11.0 Å². The molecule has 7 nitrogen and oxygen atoms in total. The highest BCUT2D eigenvalue weighted by atomic mass is 15.5. The van der Waals surface area contributed by atoms with Crippen LogP contribution >= 0.6 is 0 Å². The molecule has 9 rings (SSSR count). The van der Waals surface area contributed by atoms with Gasteiger partial charge in [-0.15, -0.1) is 10.2 Å². The lowest BCUT2D eigenvalue weighted by atomic mass is 9.98. The fourth-order valence-electron chi connectivity index (χ4n) is 6.26. The van der Waals surface area contributed by atoms with E-state index in [-0.39, 0.29) is 0 Å². The van der Waals surface area contributed by atoms with Crippen molar-refractivity contribution in [1.29, 1.82) is 0 Å². The number of aromatic nitrogens is 7. The normalized spacial score (nSPS) is 11.3. The lowest BCUT2D eigenvalue weighted by Gasteiger charge is -2.08. The Hall–Kier alpha value is -6.86. The van der Waals surface area contributed by atoms with Gasteiger partial charge in [0.25, 0.3) is 0 Å². The Labute approximate surface area is 282 Å². The van der Waals surface area contributed by atoms with Crippen molar-refractivity contribution in [3.8, 4) is 62.1 Å². The van der Waals surface area contributed by atoms with E-state index in [0.717, 1.165) is 67.6 Å². The highest BCUT2D eigenvalue weighted by Gasteiger charge is 2.19. The van der Waals surface area contributed by atoms with E-state index in [9.17, 15) is 0 Å². The molecule has 5 heterocycles. The van der Waals surface area contributed by atoms with E-state index in [2.05, 4.69) is 88.8 Å². The Balaban J connectivity index is 1.18. The third kappa shape index (κ3) is 5.29. The molecule has 0 aliphatic carbocycles. The predicted octanol–water partition coefficient (Wildman–Crippen LogP) is 9.49. The summed E-state index contributed by atoms with van der Waals surface area (Å²) in [6.45, 7) is 0. The third-order valence-corrected chi connectivity index (χ3v) is 8.64. The summed E-state index contributed by atoms with van der Waals surface area (Å²) in [5, 5.41) is 12.6. The molecule has 0 amide bonds. The monoisotopic (exact) mass is 629 g/mol. The summed E-state index contributed by atoms with van der Waals surface area (Å²) < 4.78 is 0. The van der Waals surface area contributed by atoms with Gasteiger partial charge in [0.05, 0.1) is 39.9 Å². The van der Waals surface area contributed by atoms with Crippen LogP contribution in [0.4, 0.5) is 0 Å². The molecule has 9 aromatic rings. The number of pyridine rings is 4. The van der Waals surface area contributed by atoms with Crippen molar-refractivity contribution in [1.82, 2.24) is 34.9 Å². The molecule has 0 spiro atoms. The van der Waals surface area contributed by atoms with Crippen LogP contribution in [0.1, 0.15) is 0 Å². The van der Waals surface area contributed by atoms with Crippen molar-refractivity contribution in [3.63, 3.8) is 0 Å². The lowest BCUT2D eigenvalue weighted by molar-refractivity contribution is 0.766. The van der Waals surface area contributed by atoms with E-state index in [1.807, 2.05) is 72.8 Å². The van der Waals surface area contributed by atoms with Crippen LogP contribution in [0.3, 0.4) is 0 Å². The molecule has 0 bridgehead atoms. The molecular weight excluding hydrogens is 603 g/mol. The van der Waals surface area contributed by atoms with Gasteiger partial charge in [-0.05, 0) is 94.7 Å². The number of fused-ring (bicyclic) bond motifs is 2. The summed E-state index contributed by atoms with van der Waals surface area (Å²) in [6, 6.07) is 51.0. The van der Waals surface area contributed by atoms with Gasteiger partial charge in [-0.3, -0.25) is 9.97 Å². The Morgan fingerprint density at radius 2 is 0.878 bits per heavy atom. The zero-order valence-electron chi connectivity index (χ0n) is 26.2. The van der Waals surface area contributed by atoms with Crippen LogP contribution in [0.2, 0.25) is 0 Å². The van der Waals surface area contributed by atoms with E-state index >= 15 is 0 Å². The molecule has 230 valence electrons. The van der Waals surface area contributed by atoms with Crippen LogP contribution in [-0.2, 0) is 0 Å². The Bertz CT molecular complexity index is 2470. The van der Waals surface area contributed by atoms with Crippen LogP contribution in [0, 0.1) is 0 Å². The minimum absolute atomic E-state index is 0.728. The van der Waals surface area contributed by atoms with Gasteiger partial charge in [-0.25, -0.2) is 9.97 Å². The van der Waals surface area contributed by atoms with Gasteiger partial charge in [-0.2, -0.15) is 4.80 Å². The second-order valence-electron chi connectivity index (χ2n) is 11.7. The molecule has 49 heavy (non-hydrogen) atoms. The van der Waals surface area contributed by atoms with E-state index < -0.39 is 0 Å². The smallest absolute Gasteiger partial charge is 0.123 e. The molecule has 0 aliphatic heterocycles. The van der Waals surface area contributed by atoms with Crippen LogP contribution in [0.5, 0.6) is 0 Å². The number of nitrogens with zero attached hydrogens (tertiary/aromatic N) is 7. The van der Waals surface area contributed by atoms with E-state index in [4.69, 9.17) is 20.2 Å². The number of benzene rings is 4. The maximum atomic E-state index is 5.09. The molecule has 0 radical (unpaired) electrons. The molecule has 7 heteroatoms. The van der Waals surface area contributed by atoms with Gasteiger partial charge >= 0.3 is 0 Å². The van der Waals surface area contributed by atoms with Crippen molar-refractivity contribution in [2.45, 2.75) is 0 Å². The van der Waals surface area contributed by atoms with Crippen molar-refractivity contribution >= 4 is 21.8 Å². The highest BCUT2D eigenvalue weighted by Crippen LogP contribution is 2.35. The fraction of sp³-hybridized carbons (Fsp3) is 0. The summed E-state index contributed by atoms with van der Waals surface area (Å²) in [7, 11) is 0. The molecule has 0 fully saturated rings. The van der Waals surface area contributed by atoms with Gasteiger partial charge in [-0.1, -0.05) is 78.9 Å². The van der Waals surface area contributed by atoms with Gasteiger partial charge in [0.2, 0.25) is 0 Å².